The summed E-state index contributed by atoms with van der Waals surface area (Å²) in [6.45, 7) is 3.25. The lowest BCUT2D eigenvalue weighted by Gasteiger charge is -2.42. The van der Waals surface area contributed by atoms with Crippen LogP contribution >= 0.6 is 0 Å². The number of carbonyl (C=O) groups is 1. The molecule has 0 radical (unpaired) electrons. The molecule has 11 unspecified atom stereocenters. The van der Waals surface area contributed by atoms with Gasteiger partial charge in [-0.1, -0.05) is 113 Å². The van der Waals surface area contributed by atoms with E-state index >= 15 is 0 Å². The van der Waals surface area contributed by atoms with Crippen molar-refractivity contribution in [1.82, 2.24) is 0 Å². The van der Waals surface area contributed by atoms with E-state index in [4.69, 9.17) is 28.4 Å². The minimum absolute atomic E-state index is 0.00507. The number of hydrogen-bond acceptors (Lipinski definition) is 14. The summed E-state index contributed by atoms with van der Waals surface area (Å²) in [4.78, 5) is 12.8. The van der Waals surface area contributed by atoms with Crippen molar-refractivity contribution in [2.45, 2.75) is 171 Å². The average molecular weight is 813 g/mol. The van der Waals surface area contributed by atoms with Crippen LogP contribution in [0.15, 0.2) is 60.8 Å². The highest BCUT2D eigenvalue weighted by molar-refractivity contribution is 5.69. The van der Waals surface area contributed by atoms with E-state index in [0.717, 1.165) is 51.4 Å². The SMILES string of the molecule is CC/C=C\C/C=C\C/C=C\C/C=C\C/C=C\CCOCC(COC1OC(COC2OC(CO)C(O)C(O)C2O)C(O)C(O)C1O)OC(=O)CCCCCCCCC. The third kappa shape index (κ3) is 21.0. The molecule has 2 aliphatic rings. The van der Waals surface area contributed by atoms with Crippen LogP contribution < -0.4 is 0 Å². The Morgan fingerprint density at radius 1 is 0.596 bits per heavy atom. The van der Waals surface area contributed by atoms with Crippen molar-refractivity contribution >= 4 is 5.97 Å². The monoisotopic (exact) mass is 812 g/mol. The highest BCUT2D eigenvalue weighted by Crippen LogP contribution is 2.26. The summed E-state index contributed by atoms with van der Waals surface area (Å²) in [7, 11) is 0. The van der Waals surface area contributed by atoms with Crippen molar-refractivity contribution in [2.75, 3.05) is 33.0 Å². The molecule has 328 valence electrons. The topological polar surface area (TPSA) is 214 Å². The van der Waals surface area contributed by atoms with Crippen molar-refractivity contribution in [3.05, 3.63) is 60.8 Å². The van der Waals surface area contributed by atoms with E-state index in [0.29, 0.717) is 19.4 Å². The molecule has 7 N–H and O–H groups in total. The van der Waals surface area contributed by atoms with Gasteiger partial charge < -0.3 is 64.2 Å². The Bertz CT molecular complexity index is 1170. The number of carbonyl (C=O) groups excluding carboxylic acids is 1. The van der Waals surface area contributed by atoms with Gasteiger partial charge in [-0.3, -0.25) is 4.79 Å². The number of aliphatic hydroxyl groups is 7. The molecular weight excluding hydrogens is 740 g/mol. The van der Waals surface area contributed by atoms with Crippen LogP contribution in [0, 0.1) is 0 Å². The van der Waals surface area contributed by atoms with Gasteiger partial charge in [-0.2, -0.15) is 0 Å². The van der Waals surface area contributed by atoms with Gasteiger partial charge in [0, 0.05) is 6.42 Å². The van der Waals surface area contributed by atoms with E-state index in [1.807, 2.05) is 6.08 Å². The number of unbranched alkanes of at least 4 members (excludes halogenated alkanes) is 6. The Morgan fingerprint density at radius 2 is 1.11 bits per heavy atom. The van der Waals surface area contributed by atoms with Crippen LogP contribution in [0.2, 0.25) is 0 Å². The quantitative estimate of drug-likeness (QED) is 0.0312. The Kier molecular flexibility index (Phi) is 28.2. The third-order valence-electron chi connectivity index (χ3n) is 9.56. The maximum atomic E-state index is 12.8. The zero-order valence-corrected chi connectivity index (χ0v) is 34.0. The first-order valence-electron chi connectivity index (χ1n) is 20.9. The molecule has 0 amide bonds. The number of ether oxygens (including phenoxy) is 6. The molecule has 0 aromatic carbocycles. The molecule has 57 heavy (non-hydrogen) atoms. The predicted molar refractivity (Wildman–Crippen MR) is 215 cm³/mol. The fraction of sp³-hybridized carbons (Fsp3) is 0.744. The number of allylic oxidation sites excluding steroid dienone is 9. The minimum atomic E-state index is -1.72. The zero-order chi connectivity index (χ0) is 41.7. The molecule has 0 saturated carbocycles. The molecule has 11 atom stereocenters. The zero-order valence-electron chi connectivity index (χ0n) is 34.0. The molecule has 2 saturated heterocycles. The molecule has 2 fully saturated rings. The standard InChI is InChI=1S/C43H72O14/c1-3-5-7-9-11-12-13-14-15-16-17-18-19-21-23-25-27-52-29-32(55-35(45)26-24-22-20-10-8-6-4-2)30-53-42-41(51)39(49)37(47)34(57-42)31-54-43-40(50)38(48)36(46)33(28-44)56-43/h5,7,11-12,14-15,17-18,21,23,32-34,36-44,46-51H,3-4,6,8-10,13,16,19-20,22,24-31H2,1-2H3/b7-5-,12-11-,15-14-,18-17-,23-21-. The van der Waals surface area contributed by atoms with Gasteiger partial charge >= 0.3 is 5.97 Å². The van der Waals surface area contributed by atoms with Gasteiger partial charge in [0.05, 0.1) is 33.0 Å². The number of esters is 1. The summed E-state index contributed by atoms with van der Waals surface area (Å²) in [5.74, 6) is -0.412. The third-order valence-corrected chi connectivity index (χ3v) is 9.56. The second-order valence-corrected chi connectivity index (χ2v) is 14.4. The van der Waals surface area contributed by atoms with Gasteiger partial charge in [0.15, 0.2) is 12.6 Å². The first-order chi connectivity index (χ1) is 27.6. The number of rotatable bonds is 30. The van der Waals surface area contributed by atoms with Crippen LogP contribution in [0.1, 0.15) is 104 Å². The predicted octanol–water partition coefficient (Wildman–Crippen LogP) is 3.84. The molecule has 0 aliphatic carbocycles. The van der Waals surface area contributed by atoms with Crippen molar-refractivity contribution in [3.63, 3.8) is 0 Å². The van der Waals surface area contributed by atoms with E-state index in [9.17, 15) is 40.5 Å². The Labute approximate surface area is 339 Å². The van der Waals surface area contributed by atoms with Gasteiger partial charge in [-0.25, -0.2) is 0 Å². The Morgan fingerprint density at radius 3 is 1.68 bits per heavy atom. The summed E-state index contributed by atoms with van der Waals surface area (Å²) >= 11 is 0. The number of aliphatic hydroxyl groups excluding tert-OH is 7. The smallest absolute Gasteiger partial charge is 0.306 e. The lowest BCUT2D eigenvalue weighted by molar-refractivity contribution is -0.332. The molecule has 2 aliphatic heterocycles. The molecule has 0 aromatic heterocycles. The van der Waals surface area contributed by atoms with E-state index in [-0.39, 0.29) is 19.6 Å². The fourth-order valence-electron chi connectivity index (χ4n) is 6.11. The second kappa shape index (κ2) is 31.6. The summed E-state index contributed by atoms with van der Waals surface area (Å²) in [5, 5.41) is 71.6. The lowest BCUT2D eigenvalue weighted by atomic mass is 9.98. The van der Waals surface area contributed by atoms with Crippen molar-refractivity contribution < 1.29 is 69.0 Å². The van der Waals surface area contributed by atoms with Crippen LogP contribution in [0.25, 0.3) is 0 Å². The molecule has 14 heteroatoms. The van der Waals surface area contributed by atoms with Crippen LogP contribution in [0.4, 0.5) is 0 Å². The maximum Gasteiger partial charge on any atom is 0.306 e. The molecule has 2 heterocycles. The van der Waals surface area contributed by atoms with Crippen molar-refractivity contribution in [3.8, 4) is 0 Å². The summed E-state index contributed by atoms with van der Waals surface area (Å²) in [6.07, 6.45) is 17.8. The van der Waals surface area contributed by atoms with E-state index in [2.05, 4.69) is 68.5 Å². The highest BCUT2D eigenvalue weighted by Gasteiger charge is 2.47. The van der Waals surface area contributed by atoms with Gasteiger partial charge in [0.2, 0.25) is 0 Å². The van der Waals surface area contributed by atoms with Crippen LogP contribution in [0.3, 0.4) is 0 Å². The van der Waals surface area contributed by atoms with E-state index in [1.165, 1.54) is 19.3 Å². The summed E-state index contributed by atoms with van der Waals surface area (Å²) in [6, 6.07) is 0. The van der Waals surface area contributed by atoms with Gasteiger partial charge in [-0.05, 0) is 44.9 Å². The Hall–Kier alpha value is -2.31. The molecule has 14 nitrogen and oxygen atoms in total. The lowest BCUT2D eigenvalue weighted by Crippen LogP contribution is -2.61. The van der Waals surface area contributed by atoms with Crippen molar-refractivity contribution in [1.29, 1.82) is 0 Å². The van der Waals surface area contributed by atoms with Gasteiger partial charge in [0.1, 0.15) is 54.9 Å². The second-order valence-electron chi connectivity index (χ2n) is 14.4. The maximum absolute atomic E-state index is 12.8. The van der Waals surface area contributed by atoms with Crippen LogP contribution in [0.5, 0.6) is 0 Å². The molecule has 0 aromatic rings. The van der Waals surface area contributed by atoms with Crippen molar-refractivity contribution in [2.24, 2.45) is 0 Å². The highest BCUT2D eigenvalue weighted by atomic mass is 16.7. The number of hydrogen-bond donors (Lipinski definition) is 7. The van der Waals surface area contributed by atoms with Crippen LogP contribution in [-0.4, -0.2) is 142 Å². The summed E-state index contributed by atoms with van der Waals surface area (Å²) < 4.78 is 33.8. The minimum Gasteiger partial charge on any atom is -0.457 e. The van der Waals surface area contributed by atoms with Gasteiger partial charge in [0.25, 0.3) is 0 Å². The fourth-order valence-corrected chi connectivity index (χ4v) is 6.11. The Balaban J connectivity index is 1.86. The molecule has 0 bridgehead atoms. The van der Waals surface area contributed by atoms with Gasteiger partial charge in [-0.15, -0.1) is 0 Å². The summed E-state index contributed by atoms with van der Waals surface area (Å²) in [5.41, 5.74) is 0. The molecule has 0 spiro atoms. The van der Waals surface area contributed by atoms with E-state index < -0.39 is 86.7 Å². The average Bonchev–Trinajstić information content (AvgIpc) is 3.20. The normalized spacial score (nSPS) is 29.1. The molecule has 2 rings (SSSR count). The first kappa shape index (κ1) is 50.8. The largest absolute Gasteiger partial charge is 0.457 e. The van der Waals surface area contributed by atoms with Crippen LogP contribution in [-0.2, 0) is 33.2 Å². The van der Waals surface area contributed by atoms with E-state index in [1.54, 1.807) is 0 Å². The first-order valence-corrected chi connectivity index (χ1v) is 20.9. The molecular formula is C43H72O14.